The van der Waals surface area contributed by atoms with Gasteiger partial charge in [0.15, 0.2) is 4.77 Å². The summed E-state index contributed by atoms with van der Waals surface area (Å²) in [7, 11) is 0. The second-order valence-electron chi connectivity index (χ2n) is 5.50. The highest BCUT2D eigenvalue weighted by atomic mass is 32.1. The quantitative estimate of drug-likeness (QED) is 0.570. The highest BCUT2D eigenvalue weighted by molar-refractivity contribution is 7.71. The van der Waals surface area contributed by atoms with Crippen LogP contribution in [0.1, 0.15) is 6.92 Å². The molecule has 2 aromatic carbocycles. The van der Waals surface area contributed by atoms with Crippen LogP contribution in [0.3, 0.4) is 0 Å². The number of hydrazone groups is 1. The molecule has 1 amide bonds. The van der Waals surface area contributed by atoms with Crippen molar-refractivity contribution in [2.45, 2.75) is 6.92 Å². The number of aromatic nitrogens is 2. The predicted octanol–water partition coefficient (Wildman–Crippen LogP) is 3.96. The van der Waals surface area contributed by atoms with Gasteiger partial charge in [0.2, 0.25) is 0 Å². The van der Waals surface area contributed by atoms with Gasteiger partial charge < -0.3 is 4.98 Å². The number of carbonyl (C=O) groups excluding carboxylic acids is 1. The number of para-hydroxylation sites is 3. The van der Waals surface area contributed by atoms with E-state index in [0.717, 1.165) is 16.7 Å². The minimum Gasteiger partial charge on any atom is -0.330 e. The predicted molar refractivity (Wildman–Crippen MR) is 98.4 cm³/mol. The number of hydrogen-bond acceptors (Lipinski definition) is 3. The molecule has 0 bridgehead atoms. The number of H-pyrrole nitrogens is 1. The maximum atomic E-state index is 12.8. The van der Waals surface area contributed by atoms with Crippen molar-refractivity contribution in [3.8, 4) is 0 Å². The zero-order valence-corrected chi connectivity index (χ0v) is 13.7. The van der Waals surface area contributed by atoms with E-state index in [4.69, 9.17) is 12.2 Å². The van der Waals surface area contributed by atoms with Crippen molar-refractivity contribution in [2.75, 3.05) is 5.01 Å². The van der Waals surface area contributed by atoms with Crippen molar-refractivity contribution in [3.05, 3.63) is 64.9 Å². The molecule has 0 saturated carbocycles. The number of imidazole rings is 1. The number of aromatic amines is 1. The van der Waals surface area contributed by atoms with E-state index >= 15 is 0 Å². The van der Waals surface area contributed by atoms with Gasteiger partial charge in [0, 0.05) is 6.20 Å². The average Bonchev–Trinajstić information content (AvgIpc) is 3.07. The van der Waals surface area contributed by atoms with Gasteiger partial charge in [-0.1, -0.05) is 30.3 Å². The zero-order valence-electron chi connectivity index (χ0n) is 12.9. The van der Waals surface area contributed by atoms with Crippen molar-refractivity contribution >= 4 is 46.8 Å². The first kappa shape index (κ1) is 14.6. The van der Waals surface area contributed by atoms with Crippen molar-refractivity contribution in [3.63, 3.8) is 0 Å². The molecule has 3 aromatic rings. The lowest BCUT2D eigenvalue weighted by molar-refractivity contribution is -0.114. The number of carbonyl (C=O) groups is 1. The Balaban J connectivity index is 1.81. The second-order valence-corrected chi connectivity index (χ2v) is 5.88. The highest BCUT2D eigenvalue weighted by Gasteiger charge is 2.29. The van der Waals surface area contributed by atoms with Crippen LogP contribution in [0, 0.1) is 4.77 Å². The Labute approximate surface area is 143 Å². The van der Waals surface area contributed by atoms with Gasteiger partial charge in [0.05, 0.1) is 28.0 Å². The summed E-state index contributed by atoms with van der Waals surface area (Å²) in [6.45, 7) is 1.82. The number of amides is 1. The molecule has 24 heavy (non-hydrogen) atoms. The molecule has 1 aliphatic heterocycles. The van der Waals surface area contributed by atoms with Gasteiger partial charge in [-0.05, 0) is 43.4 Å². The molecule has 4 rings (SSSR count). The normalized spacial score (nSPS) is 16.2. The monoisotopic (exact) mass is 334 g/mol. The molecule has 1 N–H and O–H groups in total. The van der Waals surface area contributed by atoms with E-state index in [1.165, 1.54) is 5.01 Å². The van der Waals surface area contributed by atoms with Crippen LogP contribution in [0.25, 0.3) is 17.2 Å². The van der Waals surface area contributed by atoms with Gasteiger partial charge in [-0.25, -0.2) is 0 Å². The van der Waals surface area contributed by atoms with Crippen molar-refractivity contribution in [1.29, 1.82) is 0 Å². The standard InChI is InChI=1S/C18H14N4OS/c1-12-14(17(23)22(20-12)13-7-3-2-4-8-13)11-21-16-10-6-5-9-15(16)19-18(21)24/h2-11H,1H3,(H,19,24)/b14-11+. The maximum Gasteiger partial charge on any atom is 0.282 e. The van der Waals surface area contributed by atoms with Crippen molar-refractivity contribution in [2.24, 2.45) is 5.10 Å². The molecule has 0 saturated heterocycles. The molecule has 0 fully saturated rings. The lowest BCUT2D eigenvalue weighted by atomic mass is 10.2. The molecule has 0 atom stereocenters. The van der Waals surface area contributed by atoms with Gasteiger partial charge in [-0.2, -0.15) is 10.1 Å². The van der Waals surface area contributed by atoms with Crippen molar-refractivity contribution < 1.29 is 4.79 Å². The molecule has 2 heterocycles. The number of benzene rings is 2. The van der Waals surface area contributed by atoms with E-state index in [-0.39, 0.29) is 5.91 Å². The summed E-state index contributed by atoms with van der Waals surface area (Å²) in [6, 6.07) is 17.2. The summed E-state index contributed by atoms with van der Waals surface area (Å²) in [5.74, 6) is -0.161. The topological polar surface area (TPSA) is 53.4 Å². The Hall–Kier alpha value is -2.99. The van der Waals surface area contributed by atoms with Gasteiger partial charge >= 0.3 is 0 Å². The van der Waals surface area contributed by atoms with Crippen LogP contribution in [0.4, 0.5) is 5.69 Å². The molecule has 0 radical (unpaired) electrons. The lowest BCUT2D eigenvalue weighted by Crippen LogP contribution is -2.21. The third kappa shape index (κ3) is 2.28. The summed E-state index contributed by atoms with van der Waals surface area (Å²) in [5, 5.41) is 5.80. The number of rotatable bonds is 2. The number of anilines is 1. The van der Waals surface area contributed by atoms with Crippen LogP contribution in [-0.2, 0) is 4.79 Å². The minimum absolute atomic E-state index is 0.161. The number of hydrogen-bond donors (Lipinski definition) is 1. The fraction of sp³-hybridized carbons (Fsp3) is 0.0556. The summed E-state index contributed by atoms with van der Waals surface area (Å²) >= 11 is 5.39. The fourth-order valence-corrected chi connectivity index (χ4v) is 3.00. The first-order valence-corrected chi connectivity index (χ1v) is 7.92. The summed E-state index contributed by atoms with van der Waals surface area (Å²) < 4.78 is 2.35. The van der Waals surface area contributed by atoms with Crippen LogP contribution in [0.2, 0.25) is 0 Å². The maximum absolute atomic E-state index is 12.8. The Kier molecular flexibility index (Phi) is 3.39. The molecule has 6 heteroatoms. The van der Waals surface area contributed by atoms with Gasteiger partial charge in [-0.15, -0.1) is 0 Å². The fourth-order valence-electron chi connectivity index (χ4n) is 2.74. The number of nitrogens with one attached hydrogen (secondary N) is 1. The lowest BCUT2D eigenvalue weighted by Gasteiger charge is -2.11. The molecule has 0 unspecified atom stereocenters. The number of nitrogens with zero attached hydrogens (tertiary/aromatic N) is 3. The van der Waals surface area contributed by atoms with Crippen LogP contribution >= 0.6 is 12.2 Å². The Morgan fingerprint density at radius 2 is 1.79 bits per heavy atom. The second kappa shape index (κ2) is 5.58. The Morgan fingerprint density at radius 1 is 1.08 bits per heavy atom. The van der Waals surface area contributed by atoms with Crippen LogP contribution in [0.15, 0.2) is 65.3 Å². The van der Waals surface area contributed by atoms with E-state index in [9.17, 15) is 4.79 Å². The molecular formula is C18H14N4OS. The van der Waals surface area contributed by atoms with E-state index in [1.807, 2.05) is 66.1 Å². The molecule has 5 nitrogen and oxygen atoms in total. The van der Waals surface area contributed by atoms with Gasteiger partial charge in [0.25, 0.3) is 5.91 Å². The SMILES string of the molecule is CC1=NN(c2ccccc2)C(=O)/C1=C/n1c(=S)[nH]c2ccccc21. The highest BCUT2D eigenvalue weighted by Crippen LogP contribution is 2.24. The van der Waals surface area contributed by atoms with Crippen LogP contribution in [-0.4, -0.2) is 21.2 Å². The van der Waals surface area contributed by atoms with E-state index in [0.29, 0.717) is 16.1 Å². The van der Waals surface area contributed by atoms with E-state index in [1.54, 1.807) is 6.20 Å². The zero-order chi connectivity index (χ0) is 16.7. The molecular weight excluding hydrogens is 320 g/mol. The summed E-state index contributed by atoms with van der Waals surface area (Å²) in [6.07, 6.45) is 1.76. The van der Waals surface area contributed by atoms with Gasteiger partial charge in [0.1, 0.15) is 0 Å². The smallest absolute Gasteiger partial charge is 0.282 e. The molecule has 0 aliphatic carbocycles. The molecule has 118 valence electrons. The summed E-state index contributed by atoms with van der Waals surface area (Å²) in [4.78, 5) is 15.9. The third-order valence-electron chi connectivity index (χ3n) is 3.95. The van der Waals surface area contributed by atoms with Crippen molar-refractivity contribution in [1.82, 2.24) is 9.55 Å². The largest absolute Gasteiger partial charge is 0.330 e. The van der Waals surface area contributed by atoms with Gasteiger partial charge in [-0.3, -0.25) is 9.36 Å². The van der Waals surface area contributed by atoms with E-state index < -0.39 is 0 Å². The first-order valence-electron chi connectivity index (χ1n) is 7.51. The Morgan fingerprint density at radius 3 is 2.58 bits per heavy atom. The van der Waals surface area contributed by atoms with E-state index in [2.05, 4.69) is 10.1 Å². The summed E-state index contributed by atoms with van der Waals surface area (Å²) in [5.41, 5.74) is 3.79. The third-order valence-corrected chi connectivity index (χ3v) is 4.24. The average molecular weight is 334 g/mol. The Bertz CT molecular complexity index is 1060. The first-order chi connectivity index (χ1) is 11.6. The molecule has 1 aromatic heterocycles. The molecule has 0 spiro atoms. The molecule has 1 aliphatic rings. The number of fused-ring (bicyclic) bond motifs is 1. The van der Waals surface area contributed by atoms with Crippen LogP contribution < -0.4 is 5.01 Å². The minimum atomic E-state index is -0.161. The van der Waals surface area contributed by atoms with Crippen LogP contribution in [0.5, 0.6) is 0 Å².